The summed E-state index contributed by atoms with van der Waals surface area (Å²) < 4.78 is 0.0971. The Morgan fingerprint density at radius 1 is 1.00 bits per heavy atom. The molecule has 0 spiro atoms. The predicted octanol–water partition coefficient (Wildman–Crippen LogP) is 4.22. The Balaban J connectivity index is 1.91. The summed E-state index contributed by atoms with van der Waals surface area (Å²) in [5, 5.41) is 2.34. The number of rotatable bonds is 2. The molecule has 0 aromatic heterocycles. The van der Waals surface area contributed by atoms with Gasteiger partial charge in [-0.1, -0.05) is 36.4 Å². The van der Waals surface area contributed by atoms with E-state index in [1.165, 1.54) is 11.8 Å². The summed E-state index contributed by atoms with van der Waals surface area (Å²) in [5.74, 6) is 2.49. The molecule has 0 aliphatic carbocycles. The minimum Gasteiger partial charge on any atom is -0.292 e. The van der Waals surface area contributed by atoms with E-state index in [2.05, 4.69) is 12.1 Å². The Labute approximate surface area is 115 Å². The number of fused-ring (bicyclic) bond motifs is 1. The number of Topliss-reactive ketones (excluding diaryl/α,β-unsaturated/α-hetero) is 1. The molecule has 1 aliphatic heterocycles. The summed E-state index contributed by atoms with van der Waals surface area (Å²) in [5.41, 5.74) is 0.848. The third-order valence-electron chi connectivity index (χ3n) is 3.08. The smallest absolute Gasteiger partial charge is 0.185 e. The second-order valence-electron chi connectivity index (χ2n) is 4.35. The lowest BCUT2D eigenvalue weighted by atomic mass is 10.1. The minimum atomic E-state index is 0.0971. The third-order valence-corrected chi connectivity index (χ3v) is 5.97. The van der Waals surface area contributed by atoms with Crippen LogP contribution in [0.2, 0.25) is 0 Å². The molecule has 3 heteroatoms. The van der Waals surface area contributed by atoms with Gasteiger partial charge >= 0.3 is 0 Å². The van der Waals surface area contributed by atoms with Gasteiger partial charge in [0.25, 0.3) is 0 Å². The zero-order chi connectivity index (χ0) is 12.4. The van der Waals surface area contributed by atoms with E-state index in [-0.39, 0.29) is 10.4 Å². The topological polar surface area (TPSA) is 17.1 Å². The Bertz CT molecular complexity index is 573. The fourth-order valence-electron chi connectivity index (χ4n) is 2.12. The highest BCUT2D eigenvalue weighted by Crippen LogP contribution is 2.33. The van der Waals surface area contributed by atoms with E-state index in [9.17, 15) is 4.79 Å². The molecular formula is C15H14OS2. The fraction of sp³-hybridized carbons (Fsp3) is 0.267. The molecule has 0 unspecified atom stereocenters. The number of ketones is 1. The summed E-state index contributed by atoms with van der Waals surface area (Å²) in [7, 11) is 0. The third kappa shape index (κ3) is 2.43. The van der Waals surface area contributed by atoms with Crippen molar-refractivity contribution in [1.29, 1.82) is 0 Å². The van der Waals surface area contributed by atoms with E-state index in [0.29, 0.717) is 0 Å². The van der Waals surface area contributed by atoms with Gasteiger partial charge in [0.05, 0.1) is 0 Å². The van der Waals surface area contributed by atoms with Gasteiger partial charge in [0.1, 0.15) is 4.58 Å². The van der Waals surface area contributed by atoms with Gasteiger partial charge in [-0.05, 0) is 34.8 Å². The maximum absolute atomic E-state index is 12.4. The van der Waals surface area contributed by atoms with Gasteiger partial charge in [0, 0.05) is 5.56 Å². The van der Waals surface area contributed by atoms with Crippen LogP contribution in [0.5, 0.6) is 0 Å². The molecular weight excluding hydrogens is 260 g/mol. The first kappa shape index (κ1) is 12.1. The van der Waals surface area contributed by atoms with Gasteiger partial charge in [0.15, 0.2) is 5.78 Å². The molecule has 0 atom stereocenters. The van der Waals surface area contributed by atoms with Crippen LogP contribution in [0.25, 0.3) is 10.8 Å². The number of carbonyl (C=O) groups excluding carboxylic acids is 1. The van der Waals surface area contributed by atoms with Gasteiger partial charge in [-0.25, -0.2) is 0 Å². The molecule has 1 saturated heterocycles. The number of carbonyl (C=O) groups is 1. The molecule has 2 aromatic rings. The zero-order valence-corrected chi connectivity index (χ0v) is 11.6. The predicted molar refractivity (Wildman–Crippen MR) is 81.6 cm³/mol. The van der Waals surface area contributed by atoms with Crippen LogP contribution in [0.4, 0.5) is 0 Å². The van der Waals surface area contributed by atoms with E-state index in [4.69, 9.17) is 0 Å². The molecule has 0 radical (unpaired) electrons. The Hall–Kier alpha value is -0.930. The quantitative estimate of drug-likeness (QED) is 0.763. The van der Waals surface area contributed by atoms with Crippen LogP contribution in [-0.4, -0.2) is 21.9 Å². The Morgan fingerprint density at radius 2 is 1.72 bits per heavy atom. The molecule has 0 saturated carbocycles. The van der Waals surface area contributed by atoms with Crippen LogP contribution in [0.3, 0.4) is 0 Å². The van der Waals surface area contributed by atoms with Crippen molar-refractivity contribution in [3.05, 3.63) is 48.0 Å². The average molecular weight is 274 g/mol. The maximum atomic E-state index is 12.4. The molecule has 1 heterocycles. The van der Waals surface area contributed by atoms with Crippen molar-refractivity contribution < 1.29 is 4.79 Å². The number of thioether (sulfide) groups is 2. The van der Waals surface area contributed by atoms with Gasteiger partial charge in [-0.15, -0.1) is 23.5 Å². The number of hydrogen-bond acceptors (Lipinski definition) is 3. The van der Waals surface area contributed by atoms with Gasteiger partial charge in [0.2, 0.25) is 0 Å². The molecule has 0 amide bonds. The summed E-state index contributed by atoms with van der Waals surface area (Å²) in [6.45, 7) is 0. The van der Waals surface area contributed by atoms with Gasteiger partial charge in [-0.3, -0.25) is 4.79 Å². The first-order valence-electron chi connectivity index (χ1n) is 6.11. The molecule has 0 N–H and O–H groups in total. The second-order valence-corrected chi connectivity index (χ2v) is 7.08. The maximum Gasteiger partial charge on any atom is 0.185 e. The normalized spacial score (nSPS) is 16.9. The fourth-order valence-corrected chi connectivity index (χ4v) is 4.89. The molecule has 18 heavy (non-hydrogen) atoms. The first-order chi connectivity index (χ1) is 8.84. The van der Waals surface area contributed by atoms with Crippen molar-refractivity contribution in [2.45, 2.75) is 11.0 Å². The Morgan fingerprint density at radius 3 is 2.50 bits per heavy atom. The molecule has 3 rings (SSSR count). The summed E-state index contributed by atoms with van der Waals surface area (Å²) >= 11 is 3.57. The summed E-state index contributed by atoms with van der Waals surface area (Å²) in [4.78, 5) is 12.4. The first-order valence-corrected chi connectivity index (χ1v) is 8.20. The molecule has 0 bridgehead atoms. The molecule has 1 aliphatic rings. The van der Waals surface area contributed by atoms with Crippen molar-refractivity contribution in [3.8, 4) is 0 Å². The van der Waals surface area contributed by atoms with Crippen LogP contribution in [0.1, 0.15) is 16.8 Å². The summed E-state index contributed by atoms with van der Waals surface area (Å²) in [6, 6.07) is 14.2. The van der Waals surface area contributed by atoms with Gasteiger partial charge < -0.3 is 0 Å². The van der Waals surface area contributed by atoms with Crippen molar-refractivity contribution in [2.24, 2.45) is 0 Å². The van der Waals surface area contributed by atoms with Crippen molar-refractivity contribution in [1.82, 2.24) is 0 Å². The van der Waals surface area contributed by atoms with Crippen molar-refractivity contribution >= 4 is 40.1 Å². The van der Waals surface area contributed by atoms with Crippen molar-refractivity contribution in [3.63, 3.8) is 0 Å². The van der Waals surface area contributed by atoms with Crippen LogP contribution in [0, 0.1) is 0 Å². The van der Waals surface area contributed by atoms with Gasteiger partial charge in [-0.2, -0.15) is 0 Å². The standard InChI is InChI=1S/C15H14OS2/c16-14(15-17-8-3-9-18-15)13-7-6-11-4-1-2-5-12(11)10-13/h1-2,4-7,10,15H,3,8-9H2. The van der Waals surface area contributed by atoms with Crippen LogP contribution >= 0.6 is 23.5 Å². The number of hydrogen-bond donors (Lipinski definition) is 0. The summed E-state index contributed by atoms with van der Waals surface area (Å²) in [6.07, 6.45) is 1.22. The highest BCUT2D eigenvalue weighted by Gasteiger charge is 2.23. The molecule has 2 aromatic carbocycles. The zero-order valence-electron chi connectivity index (χ0n) is 9.96. The van der Waals surface area contributed by atoms with Crippen LogP contribution < -0.4 is 0 Å². The van der Waals surface area contributed by atoms with E-state index in [1.807, 2.05) is 30.3 Å². The van der Waals surface area contributed by atoms with Crippen LogP contribution in [-0.2, 0) is 0 Å². The lowest BCUT2D eigenvalue weighted by Crippen LogP contribution is -2.18. The van der Waals surface area contributed by atoms with Crippen LogP contribution in [0.15, 0.2) is 42.5 Å². The monoisotopic (exact) mass is 274 g/mol. The largest absolute Gasteiger partial charge is 0.292 e. The lowest BCUT2D eigenvalue weighted by molar-refractivity contribution is 0.101. The Kier molecular flexibility index (Phi) is 3.62. The van der Waals surface area contributed by atoms with E-state index in [0.717, 1.165) is 22.5 Å². The molecule has 1 nitrogen and oxygen atoms in total. The second kappa shape index (κ2) is 5.37. The number of benzene rings is 2. The van der Waals surface area contributed by atoms with E-state index >= 15 is 0 Å². The van der Waals surface area contributed by atoms with E-state index in [1.54, 1.807) is 23.5 Å². The highest BCUT2D eigenvalue weighted by atomic mass is 32.2. The molecule has 1 fully saturated rings. The minimum absolute atomic E-state index is 0.0971. The lowest BCUT2D eigenvalue weighted by Gasteiger charge is -2.19. The SMILES string of the molecule is O=C(c1ccc2ccccc2c1)C1SCCCS1. The average Bonchev–Trinajstić information content (AvgIpc) is 2.47. The van der Waals surface area contributed by atoms with Crippen molar-refractivity contribution in [2.75, 3.05) is 11.5 Å². The molecule has 92 valence electrons. The highest BCUT2D eigenvalue weighted by molar-refractivity contribution is 8.18. The van der Waals surface area contributed by atoms with E-state index < -0.39 is 0 Å².